The lowest BCUT2D eigenvalue weighted by Gasteiger charge is -2.42. The minimum absolute atomic E-state index is 0.294. The van der Waals surface area contributed by atoms with Crippen LogP contribution in [0.15, 0.2) is 24.3 Å². The van der Waals surface area contributed by atoms with E-state index in [1.165, 1.54) is 11.8 Å². The number of ether oxygens (including phenoxy) is 2. The molecule has 0 saturated carbocycles. The van der Waals surface area contributed by atoms with E-state index in [1.54, 1.807) is 38.1 Å². The highest BCUT2D eigenvalue weighted by molar-refractivity contribution is 6.15. The first kappa shape index (κ1) is 17.4. The van der Waals surface area contributed by atoms with Crippen LogP contribution in [0.4, 0.5) is 11.4 Å². The van der Waals surface area contributed by atoms with Gasteiger partial charge in [0.25, 0.3) is 5.91 Å². The van der Waals surface area contributed by atoms with E-state index < -0.39 is 29.6 Å². The highest BCUT2D eigenvalue weighted by Crippen LogP contribution is 2.37. The zero-order chi connectivity index (χ0) is 18.2. The van der Waals surface area contributed by atoms with Crippen molar-refractivity contribution in [2.75, 3.05) is 16.8 Å². The van der Waals surface area contributed by atoms with Gasteiger partial charge in [0.05, 0.1) is 11.4 Å². The molecule has 0 spiro atoms. The van der Waals surface area contributed by atoms with E-state index >= 15 is 0 Å². The van der Waals surface area contributed by atoms with Crippen LogP contribution in [0.3, 0.4) is 0 Å². The third kappa shape index (κ3) is 3.11. The molecule has 134 valence electrons. The maximum Gasteiger partial charge on any atom is 0.336 e. The van der Waals surface area contributed by atoms with Crippen molar-refractivity contribution in [1.29, 1.82) is 0 Å². The molecular formula is C18H22N2O5. The van der Waals surface area contributed by atoms with Crippen LogP contribution in [-0.4, -0.2) is 42.1 Å². The molecule has 7 nitrogen and oxygen atoms in total. The predicted octanol–water partition coefficient (Wildman–Crippen LogP) is 1.86. The SMILES string of the molecule is C[C@@H](OC(=O)[C@@H]1CCCO1)C(=O)N1c2ccccc2NC(=O)C1(C)C. The number of carbonyl (C=O) groups is 3. The second kappa shape index (κ2) is 6.48. The van der Waals surface area contributed by atoms with E-state index in [0.29, 0.717) is 24.4 Å². The maximum absolute atomic E-state index is 13.0. The largest absolute Gasteiger partial charge is 0.451 e. The summed E-state index contributed by atoms with van der Waals surface area (Å²) in [4.78, 5) is 38.9. The monoisotopic (exact) mass is 346 g/mol. The third-order valence-electron chi connectivity index (χ3n) is 4.56. The highest BCUT2D eigenvalue weighted by atomic mass is 16.6. The van der Waals surface area contributed by atoms with Crippen LogP contribution in [0.2, 0.25) is 0 Å². The number of anilines is 2. The number of benzene rings is 1. The lowest BCUT2D eigenvalue weighted by molar-refractivity contribution is -0.163. The smallest absolute Gasteiger partial charge is 0.336 e. The Balaban J connectivity index is 1.84. The Morgan fingerprint density at radius 3 is 2.76 bits per heavy atom. The van der Waals surface area contributed by atoms with Gasteiger partial charge in [0.15, 0.2) is 12.2 Å². The third-order valence-corrected chi connectivity index (χ3v) is 4.56. The van der Waals surface area contributed by atoms with Gasteiger partial charge < -0.3 is 14.8 Å². The average molecular weight is 346 g/mol. The summed E-state index contributed by atoms with van der Waals surface area (Å²) in [5.41, 5.74) is 0.0330. The average Bonchev–Trinajstić information content (AvgIpc) is 3.10. The zero-order valence-electron chi connectivity index (χ0n) is 14.6. The topological polar surface area (TPSA) is 84.9 Å². The van der Waals surface area contributed by atoms with Crippen molar-refractivity contribution >= 4 is 29.2 Å². The van der Waals surface area contributed by atoms with Gasteiger partial charge >= 0.3 is 5.97 Å². The van der Waals surface area contributed by atoms with E-state index in [9.17, 15) is 14.4 Å². The van der Waals surface area contributed by atoms with Gasteiger partial charge in [-0.15, -0.1) is 0 Å². The molecule has 1 aromatic carbocycles. The number of carbonyl (C=O) groups excluding carboxylic acids is 3. The normalized spacial score (nSPS) is 22.8. The van der Waals surface area contributed by atoms with E-state index in [0.717, 1.165) is 6.42 Å². The standard InChI is InChI=1S/C18H22N2O5/c1-11(25-16(22)14-9-6-10-24-14)15(21)20-13-8-5-4-7-12(13)19-17(23)18(20,2)3/h4-5,7-8,11,14H,6,9-10H2,1-3H3,(H,19,23)/t11-,14+/m1/s1. The number of hydrogen-bond acceptors (Lipinski definition) is 5. The van der Waals surface area contributed by atoms with Gasteiger partial charge in [0.1, 0.15) is 5.54 Å². The Kier molecular flexibility index (Phi) is 4.51. The minimum Gasteiger partial charge on any atom is -0.451 e. The molecule has 7 heteroatoms. The molecule has 2 aliphatic heterocycles. The first-order valence-electron chi connectivity index (χ1n) is 8.39. The molecule has 1 fully saturated rings. The fraction of sp³-hybridized carbons (Fsp3) is 0.500. The Morgan fingerprint density at radius 2 is 2.08 bits per heavy atom. The quantitative estimate of drug-likeness (QED) is 0.845. The molecule has 0 aliphatic carbocycles. The number of nitrogens with one attached hydrogen (secondary N) is 1. The molecule has 2 heterocycles. The van der Waals surface area contributed by atoms with Crippen LogP contribution in [0, 0.1) is 0 Å². The molecule has 0 bridgehead atoms. The van der Waals surface area contributed by atoms with E-state index in [2.05, 4.69) is 5.32 Å². The summed E-state index contributed by atoms with van der Waals surface area (Å²) in [6, 6.07) is 7.05. The van der Waals surface area contributed by atoms with Crippen molar-refractivity contribution in [3.63, 3.8) is 0 Å². The van der Waals surface area contributed by atoms with Crippen molar-refractivity contribution in [2.24, 2.45) is 0 Å². The lowest BCUT2D eigenvalue weighted by atomic mass is 9.95. The second-order valence-corrected chi connectivity index (χ2v) is 6.78. The summed E-state index contributed by atoms with van der Waals surface area (Å²) in [5.74, 6) is -1.28. The molecule has 25 heavy (non-hydrogen) atoms. The lowest BCUT2D eigenvalue weighted by Crippen LogP contribution is -2.60. The Hall–Kier alpha value is -2.41. The van der Waals surface area contributed by atoms with Gasteiger partial charge in [-0.05, 0) is 45.7 Å². The van der Waals surface area contributed by atoms with E-state index in [4.69, 9.17) is 9.47 Å². The number of fused-ring (bicyclic) bond motifs is 1. The van der Waals surface area contributed by atoms with Gasteiger partial charge in [-0.3, -0.25) is 14.5 Å². The van der Waals surface area contributed by atoms with Crippen molar-refractivity contribution in [1.82, 2.24) is 0 Å². The van der Waals surface area contributed by atoms with Gasteiger partial charge in [-0.1, -0.05) is 12.1 Å². The first-order valence-corrected chi connectivity index (χ1v) is 8.39. The summed E-state index contributed by atoms with van der Waals surface area (Å²) >= 11 is 0. The van der Waals surface area contributed by atoms with Crippen molar-refractivity contribution < 1.29 is 23.9 Å². The summed E-state index contributed by atoms with van der Waals surface area (Å²) in [6.07, 6.45) is -0.232. The van der Waals surface area contributed by atoms with Crippen LogP contribution in [0.5, 0.6) is 0 Å². The minimum atomic E-state index is -1.10. The number of para-hydroxylation sites is 2. The molecule has 1 N–H and O–H groups in total. The van der Waals surface area contributed by atoms with Crippen molar-refractivity contribution in [2.45, 2.75) is 51.4 Å². The number of esters is 1. The van der Waals surface area contributed by atoms with Crippen LogP contribution in [-0.2, 0) is 23.9 Å². The number of nitrogens with zero attached hydrogens (tertiary/aromatic N) is 1. The van der Waals surface area contributed by atoms with E-state index in [1.807, 2.05) is 0 Å². The highest BCUT2D eigenvalue weighted by Gasteiger charge is 2.45. The molecule has 1 saturated heterocycles. The Morgan fingerprint density at radius 1 is 1.36 bits per heavy atom. The Bertz CT molecular complexity index is 709. The number of hydrogen-bond donors (Lipinski definition) is 1. The molecule has 0 unspecified atom stereocenters. The molecule has 3 rings (SSSR count). The summed E-state index contributed by atoms with van der Waals surface area (Å²) in [5, 5.41) is 2.80. The molecule has 2 atom stereocenters. The predicted molar refractivity (Wildman–Crippen MR) is 91.2 cm³/mol. The molecule has 0 radical (unpaired) electrons. The number of rotatable bonds is 3. The fourth-order valence-electron chi connectivity index (χ4n) is 3.09. The van der Waals surface area contributed by atoms with Crippen LogP contribution < -0.4 is 10.2 Å². The molecular weight excluding hydrogens is 324 g/mol. The molecule has 2 aliphatic rings. The van der Waals surface area contributed by atoms with Crippen molar-refractivity contribution in [3.8, 4) is 0 Å². The molecule has 0 aromatic heterocycles. The zero-order valence-corrected chi connectivity index (χ0v) is 14.6. The summed E-state index contributed by atoms with van der Waals surface area (Å²) < 4.78 is 10.6. The van der Waals surface area contributed by atoms with Crippen LogP contribution >= 0.6 is 0 Å². The summed E-state index contributed by atoms with van der Waals surface area (Å²) in [6.45, 7) is 5.35. The van der Waals surface area contributed by atoms with Gasteiger partial charge in [-0.25, -0.2) is 4.79 Å². The fourth-order valence-corrected chi connectivity index (χ4v) is 3.09. The first-order chi connectivity index (χ1) is 11.8. The van der Waals surface area contributed by atoms with Crippen LogP contribution in [0.25, 0.3) is 0 Å². The molecule has 2 amide bonds. The second-order valence-electron chi connectivity index (χ2n) is 6.78. The van der Waals surface area contributed by atoms with E-state index in [-0.39, 0.29) is 5.91 Å². The van der Waals surface area contributed by atoms with Gasteiger partial charge in [0, 0.05) is 6.61 Å². The summed E-state index contributed by atoms with van der Waals surface area (Å²) in [7, 11) is 0. The van der Waals surface area contributed by atoms with Crippen molar-refractivity contribution in [3.05, 3.63) is 24.3 Å². The van der Waals surface area contributed by atoms with Gasteiger partial charge in [0.2, 0.25) is 5.91 Å². The molecule has 1 aromatic rings. The maximum atomic E-state index is 13.0. The van der Waals surface area contributed by atoms with Crippen LogP contribution in [0.1, 0.15) is 33.6 Å². The van der Waals surface area contributed by atoms with Gasteiger partial charge in [-0.2, -0.15) is 0 Å². The Labute approximate surface area is 146 Å². The number of amides is 2.